The molecule has 0 aliphatic rings. The molecule has 1 amide bonds. The summed E-state index contributed by atoms with van der Waals surface area (Å²) in [7, 11) is 1.58. The van der Waals surface area contributed by atoms with Gasteiger partial charge in [-0.15, -0.1) is 0 Å². The SMILES string of the molecule is C=C/C=C\C(=C/C)C(=O)Nc1cccc(C(CCC)N/C(C)=C/N=CC(=C)c2ccc(N)c(OC)c2)c1. The molecule has 0 saturated carbocycles. The van der Waals surface area contributed by atoms with E-state index in [9.17, 15) is 4.79 Å². The predicted molar refractivity (Wildman–Crippen MR) is 158 cm³/mol. The first-order chi connectivity index (χ1) is 17.8. The topological polar surface area (TPSA) is 88.7 Å². The molecule has 2 aromatic rings. The zero-order chi connectivity index (χ0) is 27.2. The van der Waals surface area contributed by atoms with Gasteiger partial charge in [-0.3, -0.25) is 9.79 Å². The summed E-state index contributed by atoms with van der Waals surface area (Å²) in [5.41, 5.74) is 11.4. The molecule has 2 rings (SSSR count). The third-order valence-electron chi connectivity index (χ3n) is 5.61. The van der Waals surface area contributed by atoms with Gasteiger partial charge in [0.1, 0.15) is 5.75 Å². The van der Waals surface area contributed by atoms with Crippen molar-refractivity contribution in [3.8, 4) is 5.75 Å². The van der Waals surface area contributed by atoms with Crippen LogP contribution in [0.4, 0.5) is 11.4 Å². The number of aliphatic imine (C=N–C) groups is 1. The van der Waals surface area contributed by atoms with Gasteiger partial charge in [-0.05, 0) is 67.3 Å². The second-order valence-corrected chi connectivity index (χ2v) is 8.48. The summed E-state index contributed by atoms with van der Waals surface area (Å²) in [6.45, 7) is 13.7. The van der Waals surface area contributed by atoms with Crippen molar-refractivity contribution < 1.29 is 9.53 Å². The number of allylic oxidation sites excluding steroid dienone is 5. The van der Waals surface area contributed by atoms with Gasteiger partial charge in [0, 0.05) is 29.4 Å². The third-order valence-corrected chi connectivity index (χ3v) is 5.61. The van der Waals surface area contributed by atoms with E-state index >= 15 is 0 Å². The number of nitrogens with one attached hydrogen (secondary N) is 2. The highest BCUT2D eigenvalue weighted by Crippen LogP contribution is 2.25. The van der Waals surface area contributed by atoms with Gasteiger partial charge in [0.15, 0.2) is 0 Å². The first kappa shape index (κ1) is 28.9. The Morgan fingerprint density at radius 2 is 2.03 bits per heavy atom. The molecule has 0 heterocycles. The lowest BCUT2D eigenvalue weighted by Crippen LogP contribution is -2.20. The van der Waals surface area contributed by atoms with E-state index in [0.717, 1.165) is 40.9 Å². The van der Waals surface area contributed by atoms with Crippen LogP contribution in [-0.4, -0.2) is 19.2 Å². The molecular formula is C31H38N4O2. The molecule has 0 spiro atoms. The number of nitrogen functional groups attached to an aromatic ring is 1. The number of anilines is 2. The molecule has 6 nitrogen and oxygen atoms in total. The highest BCUT2D eigenvalue weighted by Gasteiger charge is 2.13. The summed E-state index contributed by atoms with van der Waals surface area (Å²) in [4.78, 5) is 17.1. The van der Waals surface area contributed by atoms with Crippen molar-refractivity contribution >= 4 is 29.1 Å². The molecular weight excluding hydrogens is 460 g/mol. The lowest BCUT2D eigenvalue weighted by Gasteiger charge is -2.21. The van der Waals surface area contributed by atoms with Crippen LogP contribution in [0.3, 0.4) is 0 Å². The van der Waals surface area contributed by atoms with Gasteiger partial charge in [-0.1, -0.05) is 62.9 Å². The van der Waals surface area contributed by atoms with E-state index in [1.165, 1.54) is 0 Å². The molecule has 0 aromatic heterocycles. The van der Waals surface area contributed by atoms with Gasteiger partial charge in [-0.2, -0.15) is 0 Å². The van der Waals surface area contributed by atoms with Gasteiger partial charge >= 0.3 is 0 Å². The number of hydrogen-bond acceptors (Lipinski definition) is 5. The number of hydrogen-bond donors (Lipinski definition) is 3. The lowest BCUT2D eigenvalue weighted by atomic mass is 10.0. The molecule has 1 unspecified atom stereocenters. The largest absolute Gasteiger partial charge is 0.495 e. The van der Waals surface area contributed by atoms with Gasteiger partial charge in [-0.25, -0.2) is 0 Å². The molecule has 2 aromatic carbocycles. The molecule has 0 radical (unpaired) electrons. The highest BCUT2D eigenvalue weighted by molar-refractivity contribution is 6.09. The Labute approximate surface area is 221 Å². The monoisotopic (exact) mass is 498 g/mol. The number of ether oxygens (including phenoxy) is 1. The van der Waals surface area contributed by atoms with Gasteiger partial charge in [0.25, 0.3) is 5.91 Å². The molecule has 0 saturated heterocycles. The fourth-order valence-corrected chi connectivity index (χ4v) is 3.66. The second kappa shape index (κ2) is 14.9. The Morgan fingerprint density at radius 3 is 2.70 bits per heavy atom. The number of nitrogens with two attached hydrogens (primary N) is 1. The molecule has 4 N–H and O–H groups in total. The van der Waals surface area contributed by atoms with Crippen LogP contribution in [0.2, 0.25) is 0 Å². The smallest absolute Gasteiger partial charge is 0.255 e. The van der Waals surface area contributed by atoms with Gasteiger partial charge < -0.3 is 21.1 Å². The lowest BCUT2D eigenvalue weighted by molar-refractivity contribution is -0.112. The molecule has 0 aliphatic carbocycles. The third kappa shape index (κ3) is 9.00. The fourth-order valence-electron chi connectivity index (χ4n) is 3.66. The fraction of sp³-hybridized carbons (Fsp3) is 0.226. The number of carbonyl (C=O) groups is 1. The van der Waals surface area contributed by atoms with Crippen molar-refractivity contribution in [1.29, 1.82) is 0 Å². The Kier molecular flexibility index (Phi) is 11.7. The summed E-state index contributed by atoms with van der Waals surface area (Å²) >= 11 is 0. The zero-order valence-corrected chi connectivity index (χ0v) is 22.3. The van der Waals surface area contributed by atoms with Crippen LogP contribution >= 0.6 is 0 Å². The Balaban J connectivity index is 2.12. The average molecular weight is 499 g/mol. The quantitative estimate of drug-likeness (QED) is 0.120. The van der Waals surface area contributed by atoms with Crippen molar-refractivity contribution in [2.75, 3.05) is 18.2 Å². The highest BCUT2D eigenvalue weighted by atomic mass is 16.5. The molecule has 37 heavy (non-hydrogen) atoms. The van der Waals surface area contributed by atoms with E-state index in [0.29, 0.717) is 17.0 Å². The van der Waals surface area contributed by atoms with Crippen LogP contribution in [0.15, 0.2) is 102 Å². The van der Waals surface area contributed by atoms with Crippen molar-refractivity contribution in [2.45, 2.75) is 39.7 Å². The zero-order valence-electron chi connectivity index (χ0n) is 22.3. The number of methoxy groups -OCH3 is 1. The number of nitrogens with zero attached hydrogens (tertiary/aromatic N) is 1. The second-order valence-electron chi connectivity index (χ2n) is 8.48. The molecule has 0 fully saturated rings. The van der Waals surface area contributed by atoms with Crippen LogP contribution in [-0.2, 0) is 4.79 Å². The standard InChI is InChI=1S/C31H38N4O2/c1-7-10-13-24(9-3)31(36)35-27-15-11-14-26(18-27)29(12-8-2)34-23(5)21-33-20-22(4)25-16-17-28(32)30(19-25)37-6/h7,9-11,13-21,29,34H,1,4,8,12,32H2,2-3,5-6H3,(H,35,36)/b13-10-,23-21+,24-9+,33-20?. The first-order valence-corrected chi connectivity index (χ1v) is 12.3. The summed E-state index contributed by atoms with van der Waals surface area (Å²) in [5.74, 6) is 0.443. The molecule has 1 atom stereocenters. The van der Waals surface area contributed by atoms with E-state index in [4.69, 9.17) is 10.5 Å². The molecule has 0 bridgehead atoms. The summed E-state index contributed by atoms with van der Waals surface area (Å²) < 4.78 is 5.28. The number of carbonyl (C=O) groups excluding carboxylic acids is 1. The maximum absolute atomic E-state index is 12.6. The molecule has 0 aliphatic heterocycles. The van der Waals surface area contributed by atoms with E-state index in [1.807, 2.05) is 44.2 Å². The van der Waals surface area contributed by atoms with Crippen molar-refractivity contribution in [1.82, 2.24) is 5.32 Å². The van der Waals surface area contributed by atoms with E-state index in [-0.39, 0.29) is 11.9 Å². The van der Waals surface area contributed by atoms with E-state index in [1.54, 1.807) is 49.9 Å². The number of benzene rings is 2. The van der Waals surface area contributed by atoms with Gasteiger partial charge in [0.05, 0.1) is 18.8 Å². The minimum atomic E-state index is -0.165. The maximum Gasteiger partial charge on any atom is 0.255 e. The number of amides is 1. The summed E-state index contributed by atoms with van der Waals surface area (Å²) in [6.07, 6.45) is 12.3. The van der Waals surface area contributed by atoms with Crippen molar-refractivity contribution in [3.05, 3.63) is 109 Å². The summed E-state index contributed by atoms with van der Waals surface area (Å²) in [5, 5.41) is 6.53. The van der Waals surface area contributed by atoms with Crippen LogP contribution in [0, 0.1) is 0 Å². The van der Waals surface area contributed by atoms with E-state index < -0.39 is 0 Å². The number of rotatable bonds is 13. The van der Waals surface area contributed by atoms with Crippen LogP contribution in [0.1, 0.15) is 50.8 Å². The Morgan fingerprint density at radius 1 is 1.24 bits per heavy atom. The van der Waals surface area contributed by atoms with Crippen molar-refractivity contribution in [3.63, 3.8) is 0 Å². The van der Waals surface area contributed by atoms with Crippen LogP contribution in [0.25, 0.3) is 5.57 Å². The minimum absolute atomic E-state index is 0.0692. The van der Waals surface area contributed by atoms with Crippen molar-refractivity contribution in [2.24, 2.45) is 4.99 Å². The van der Waals surface area contributed by atoms with Crippen LogP contribution in [0.5, 0.6) is 5.75 Å². The average Bonchev–Trinajstić information content (AvgIpc) is 2.89. The summed E-state index contributed by atoms with van der Waals surface area (Å²) in [6, 6.07) is 13.5. The first-order valence-electron chi connectivity index (χ1n) is 12.3. The maximum atomic E-state index is 12.6. The molecule has 194 valence electrons. The predicted octanol–water partition coefficient (Wildman–Crippen LogP) is 6.98. The Hall–Kier alpha value is -4.32. The van der Waals surface area contributed by atoms with Crippen LogP contribution < -0.4 is 21.1 Å². The van der Waals surface area contributed by atoms with Gasteiger partial charge in [0.2, 0.25) is 0 Å². The Bertz CT molecular complexity index is 1220. The minimum Gasteiger partial charge on any atom is -0.495 e. The normalized spacial score (nSPS) is 13.0. The van der Waals surface area contributed by atoms with E-state index in [2.05, 4.69) is 41.8 Å². The molecule has 6 heteroatoms.